The van der Waals surface area contributed by atoms with E-state index in [2.05, 4.69) is 354 Å². The van der Waals surface area contributed by atoms with E-state index in [1.807, 2.05) is 0 Å². The SMILES string of the molecule is CC(C)(C)c1ccc2c(c1)C1(c3ccccc3-c3ccc(-c4ccc(N(c5cccc(-c6cccc7c8ccccc8n(-c8ccccc8)c67)c5)c5ccccc5-c5ccccc5-c5ccccc5-c5ccccc5)cc4)cc31)c1cc(C(C)(C)C)ccc1-2. The fourth-order valence-electron chi connectivity index (χ4n) is 14.9. The summed E-state index contributed by atoms with van der Waals surface area (Å²) >= 11 is 0. The summed E-state index contributed by atoms with van der Waals surface area (Å²) in [5, 5.41) is 2.46. The van der Waals surface area contributed by atoms with Crippen molar-refractivity contribution in [1.29, 1.82) is 0 Å². The molecule has 0 saturated carbocycles. The first-order chi connectivity index (χ1) is 43.4. The number of benzene rings is 13. The minimum absolute atomic E-state index is 0.0310. The number of fused-ring (bicyclic) bond motifs is 13. The van der Waals surface area contributed by atoms with Gasteiger partial charge in [-0.05, 0) is 166 Å². The molecule has 2 nitrogen and oxygen atoms in total. The number of hydrogen-bond acceptors (Lipinski definition) is 1. The van der Waals surface area contributed by atoms with Crippen LogP contribution in [0, 0.1) is 0 Å². The Morgan fingerprint density at radius 3 is 1.43 bits per heavy atom. The lowest BCUT2D eigenvalue weighted by Crippen LogP contribution is -2.27. The summed E-state index contributed by atoms with van der Waals surface area (Å²) in [6, 6.07) is 114. The van der Waals surface area contributed by atoms with Gasteiger partial charge in [-0.15, -0.1) is 0 Å². The van der Waals surface area contributed by atoms with E-state index in [0.29, 0.717) is 0 Å². The second-order valence-electron chi connectivity index (χ2n) is 26.4. The molecule has 0 fully saturated rings. The molecule has 0 bridgehead atoms. The molecule has 14 aromatic rings. The number of rotatable bonds is 9. The van der Waals surface area contributed by atoms with Gasteiger partial charge in [-0.1, -0.05) is 290 Å². The van der Waals surface area contributed by atoms with Crippen molar-refractivity contribution in [2.45, 2.75) is 57.8 Å². The molecule has 0 unspecified atom stereocenters. The standard InChI is InChI=1S/C87H68N2/c1-85(2,3)61-46-51-73-74-52-47-62(86(4,5)6)56-81(74)87(80(73)55-61)78-40-20-17-35-71(78)72-50-45-59(54-79(72)87)57-43-48-64(49-44-57)88(82-41-21-18-36-75(82)70-34-16-15-33-69(70)68-32-14-13-31-66(68)58-25-9-7-10-26-58)65-30-23-27-60(53-65)67-38-24-39-77-76-37-19-22-42-83(76)89(84(67)77)63-28-11-8-12-29-63/h7-56H,1-6H3. The molecule has 1 aromatic heterocycles. The zero-order valence-electron chi connectivity index (χ0n) is 51.3. The molecule has 2 heteroatoms. The minimum Gasteiger partial charge on any atom is -0.310 e. The van der Waals surface area contributed by atoms with Gasteiger partial charge in [0.25, 0.3) is 0 Å². The van der Waals surface area contributed by atoms with Crippen molar-refractivity contribution in [3.8, 4) is 83.6 Å². The maximum absolute atomic E-state index is 2.55. The zero-order chi connectivity index (χ0) is 60.2. The average Bonchev–Trinajstić information content (AvgIpc) is 1.52. The molecule has 0 aliphatic heterocycles. The van der Waals surface area contributed by atoms with Crippen molar-refractivity contribution in [2.75, 3.05) is 4.90 Å². The third-order valence-corrected chi connectivity index (χ3v) is 19.2. The fourth-order valence-corrected chi connectivity index (χ4v) is 14.9. The number of aromatic nitrogens is 1. The Morgan fingerprint density at radius 2 is 0.753 bits per heavy atom. The normalized spacial score (nSPS) is 12.9. The highest BCUT2D eigenvalue weighted by Gasteiger charge is 2.52. The van der Waals surface area contributed by atoms with Gasteiger partial charge in [0.1, 0.15) is 0 Å². The highest BCUT2D eigenvalue weighted by Crippen LogP contribution is 2.64. The maximum atomic E-state index is 2.55. The minimum atomic E-state index is -0.502. The molecule has 2 aliphatic rings. The van der Waals surface area contributed by atoms with Crippen LogP contribution in [0.1, 0.15) is 74.9 Å². The van der Waals surface area contributed by atoms with Gasteiger partial charge < -0.3 is 9.47 Å². The average molecular weight is 1140 g/mol. The smallest absolute Gasteiger partial charge is 0.0725 e. The lowest BCUT2D eigenvalue weighted by Gasteiger charge is -2.33. The van der Waals surface area contributed by atoms with Gasteiger partial charge in [0.15, 0.2) is 0 Å². The van der Waals surface area contributed by atoms with Crippen LogP contribution in [0.3, 0.4) is 0 Å². The predicted octanol–water partition coefficient (Wildman–Crippen LogP) is 23.5. The van der Waals surface area contributed by atoms with Crippen molar-refractivity contribution in [3.05, 3.63) is 337 Å². The topological polar surface area (TPSA) is 8.17 Å². The summed E-state index contributed by atoms with van der Waals surface area (Å²) in [5.74, 6) is 0. The molecule has 0 radical (unpaired) electrons. The van der Waals surface area contributed by atoms with Gasteiger partial charge in [0, 0.05) is 39.0 Å². The first-order valence-electron chi connectivity index (χ1n) is 31.4. The third-order valence-electron chi connectivity index (χ3n) is 19.2. The van der Waals surface area contributed by atoms with Gasteiger partial charge >= 0.3 is 0 Å². The van der Waals surface area contributed by atoms with E-state index in [-0.39, 0.29) is 10.8 Å². The van der Waals surface area contributed by atoms with Crippen LogP contribution in [0.4, 0.5) is 17.1 Å². The maximum Gasteiger partial charge on any atom is 0.0725 e. The van der Waals surface area contributed by atoms with Crippen LogP contribution in [0.15, 0.2) is 303 Å². The lowest BCUT2D eigenvalue weighted by atomic mass is 9.68. The van der Waals surface area contributed by atoms with Crippen LogP contribution in [-0.2, 0) is 16.2 Å². The summed E-state index contributed by atoms with van der Waals surface area (Å²) in [7, 11) is 0. The van der Waals surface area contributed by atoms with Crippen LogP contribution < -0.4 is 4.90 Å². The molecule has 16 rings (SSSR count). The van der Waals surface area contributed by atoms with Gasteiger partial charge in [-0.2, -0.15) is 0 Å². The van der Waals surface area contributed by atoms with Crippen molar-refractivity contribution < 1.29 is 0 Å². The predicted molar refractivity (Wildman–Crippen MR) is 376 cm³/mol. The second kappa shape index (κ2) is 20.8. The first-order valence-corrected chi connectivity index (χ1v) is 31.4. The van der Waals surface area contributed by atoms with E-state index in [1.54, 1.807) is 0 Å². The third kappa shape index (κ3) is 8.68. The molecule has 89 heavy (non-hydrogen) atoms. The van der Waals surface area contributed by atoms with E-state index in [9.17, 15) is 0 Å². The van der Waals surface area contributed by atoms with Crippen LogP contribution in [-0.4, -0.2) is 4.57 Å². The monoisotopic (exact) mass is 1140 g/mol. The van der Waals surface area contributed by atoms with Crippen molar-refractivity contribution in [2.24, 2.45) is 0 Å². The van der Waals surface area contributed by atoms with E-state index in [4.69, 9.17) is 0 Å². The molecule has 0 amide bonds. The van der Waals surface area contributed by atoms with Crippen molar-refractivity contribution >= 4 is 38.9 Å². The fraction of sp³-hybridized carbons (Fsp3) is 0.103. The van der Waals surface area contributed by atoms with Crippen LogP contribution in [0.5, 0.6) is 0 Å². The largest absolute Gasteiger partial charge is 0.310 e. The molecule has 426 valence electrons. The van der Waals surface area contributed by atoms with E-state index in [0.717, 1.165) is 39.4 Å². The van der Waals surface area contributed by atoms with Gasteiger partial charge in [0.2, 0.25) is 0 Å². The molecular weight excluding hydrogens is 1070 g/mol. The Morgan fingerprint density at radius 1 is 0.281 bits per heavy atom. The quantitative estimate of drug-likeness (QED) is 0.140. The summed E-state index contributed by atoms with van der Waals surface area (Å²) in [6.07, 6.45) is 0. The van der Waals surface area contributed by atoms with Gasteiger partial charge in [-0.3, -0.25) is 0 Å². The molecule has 1 heterocycles. The molecular formula is C87H68N2. The lowest BCUT2D eigenvalue weighted by molar-refractivity contribution is 0.586. The van der Waals surface area contributed by atoms with Crippen LogP contribution >= 0.6 is 0 Å². The number of anilines is 3. The highest BCUT2D eigenvalue weighted by atomic mass is 15.1. The number of hydrogen-bond donors (Lipinski definition) is 0. The van der Waals surface area contributed by atoms with Crippen molar-refractivity contribution in [3.63, 3.8) is 0 Å². The highest BCUT2D eigenvalue weighted by molar-refractivity contribution is 6.14. The van der Waals surface area contributed by atoms with Crippen molar-refractivity contribution in [1.82, 2.24) is 4.57 Å². The molecule has 2 aliphatic carbocycles. The van der Waals surface area contributed by atoms with Crippen LogP contribution in [0.2, 0.25) is 0 Å². The molecule has 0 N–H and O–H groups in total. The first kappa shape index (κ1) is 53.9. The van der Waals surface area contributed by atoms with Crippen LogP contribution in [0.25, 0.3) is 105 Å². The summed E-state index contributed by atoms with van der Waals surface area (Å²) < 4.78 is 2.44. The van der Waals surface area contributed by atoms with E-state index >= 15 is 0 Å². The molecule has 1 spiro atoms. The second-order valence-corrected chi connectivity index (χ2v) is 26.4. The Bertz CT molecular complexity index is 5020. The Balaban J connectivity index is 0.884. The zero-order valence-corrected chi connectivity index (χ0v) is 51.3. The molecule has 0 saturated heterocycles. The Labute approximate surface area is 523 Å². The Hall–Kier alpha value is -10.5. The molecule has 0 atom stereocenters. The summed E-state index contributed by atoms with van der Waals surface area (Å²) in [5.41, 5.74) is 31.3. The Kier molecular flexibility index (Phi) is 12.6. The summed E-state index contributed by atoms with van der Waals surface area (Å²) in [4.78, 5) is 2.48. The number of nitrogens with zero attached hydrogens (tertiary/aromatic N) is 2. The van der Waals surface area contributed by atoms with E-state index in [1.165, 1.54) is 116 Å². The van der Waals surface area contributed by atoms with E-state index < -0.39 is 5.41 Å². The molecule has 13 aromatic carbocycles. The van der Waals surface area contributed by atoms with Gasteiger partial charge in [-0.25, -0.2) is 0 Å². The summed E-state index contributed by atoms with van der Waals surface area (Å²) in [6.45, 7) is 14.1. The number of para-hydroxylation sites is 4. The van der Waals surface area contributed by atoms with Gasteiger partial charge in [0.05, 0.1) is 22.1 Å².